The fourth-order valence-electron chi connectivity index (χ4n) is 8.47. The summed E-state index contributed by atoms with van der Waals surface area (Å²) in [6.45, 7) is 12.3. The molecule has 5 atom stereocenters. The number of hydrogen-bond acceptors (Lipinski definition) is 10. The van der Waals surface area contributed by atoms with Crippen molar-refractivity contribution >= 4 is 71.3 Å². The monoisotopic (exact) mass is 847 g/mol. The highest BCUT2D eigenvalue weighted by atomic mass is 35.6. The first-order valence-electron chi connectivity index (χ1n) is 18.4. The van der Waals surface area contributed by atoms with E-state index in [4.69, 9.17) is 49.0 Å². The predicted octanol–water partition coefficient (Wildman–Crippen LogP) is 4.79. The molecule has 0 aliphatic carbocycles. The Morgan fingerprint density at radius 2 is 1.44 bits per heavy atom. The maximum atomic E-state index is 13.9. The Balaban J connectivity index is 1.41. The number of halogens is 3. The molecular formula is C42H44Cl3N5O6Si. The van der Waals surface area contributed by atoms with E-state index in [2.05, 4.69) is 67.6 Å². The van der Waals surface area contributed by atoms with E-state index in [0.717, 1.165) is 15.9 Å². The first-order chi connectivity index (χ1) is 26.9. The number of rotatable bonds is 8. The van der Waals surface area contributed by atoms with Gasteiger partial charge in [-0.1, -0.05) is 171 Å². The molecule has 0 aromatic heterocycles. The number of nitrogens with zero attached hydrogens (tertiary/aromatic N) is 2. The van der Waals surface area contributed by atoms with E-state index >= 15 is 0 Å². The number of aryl methyl sites for hydroxylation is 1. The fraction of sp³-hybridized carbons (Fsp3) is 0.310. The van der Waals surface area contributed by atoms with E-state index in [-0.39, 0.29) is 24.0 Å². The third-order valence-electron chi connectivity index (χ3n) is 11.0. The van der Waals surface area contributed by atoms with Gasteiger partial charge in [-0.3, -0.25) is 10.1 Å². The average molecular weight is 849 g/mol. The molecule has 3 aliphatic heterocycles. The zero-order chi connectivity index (χ0) is 41.0. The molecule has 0 radical (unpaired) electrons. The van der Waals surface area contributed by atoms with Crippen molar-refractivity contribution in [3.63, 3.8) is 0 Å². The lowest BCUT2D eigenvalue weighted by molar-refractivity contribution is -0.258. The van der Waals surface area contributed by atoms with Crippen molar-refractivity contribution in [3.05, 3.63) is 144 Å². The molecule has 5 N–H and O–H groups in total. The van der Waals surface area contributed by atoms with Crippen LogP contribution < -0.4 is 26.3 Å². The molecule has 298 valence electrons. The molecular weight excluding hydrogens is 805 g/mol. The third-order valence-corrected chi connectivity index (χ3v) is 16.5. The number of hydrogen-bond donors (Lipinski definition) is 5. The number of aliphatic hydroxyl groups is 2. The highest BCUT2D eigenvalue weighted by molar-refractivity contribution is 6.99. The normalized spacial score (nSPS) is 24.1. The van der Waals surface area contributed by atoms with Crippen LogP contribution in [0, 0.1) is 6.92 Å². The van der Waals surface area contributed by atoms with Crippen LogP contribution in [-0.4, -0.2) is 81.3 Å². The van der Waals surface area contributed by atoms with Crippen molar-refractivity contribution in [1.29, 1.82) is 0 Å². The fourth-order valence-corrected chi connectivity index (χ4v) is 13.2. The second-order valence-corrected chi connectivity index (χ2v) is 22.2. The van der Waals surface area contributed by atoms with Gasteiger partial charge in [-0.2, -0.15) is 0 Å². The Morgan fingerprint density at radius 3 is 1.96 bits per heavy atom. The lowest BCUT2D eigenvalue weighted by Gasteiger charge is -2.51. The van der Waals surface area contributed by atoms with Crippen LogP contribution in [0.4, 0.5) is 0 Å². The number of carbonyl (C=O) groups excluding carboxylic acids is 2. The lowest BCUT2D eigenvalue weighted by atomic mass is 9.85. The summed E-state index contributed by atoms with van der Waals surface area (Å²) in [5.74, 6) is -4.73. The van der Waals surface area contributed by atoms with Crippen molar-refractivity contribution in [3.8, 4) is 0 Å². The van der Waals surface area contributed by atoms with Crippen molar-refractivity contribution < 1.29 is 29.0 Å². The van der Waals surface area contributed by atoms with E-state index in [9.17, 15) is 19.8 Å². The molecule has 57 heavy (non-hydrogen) atoms. The molecule has 2 fully saturated rings. The Kier molecular flexibility index (Phi) is 10.8. The molecule has 15 heteroatoms. The van der Waals surface area contributed by atoms with Crippen LogP contribution in [0.3, 0.4) is 0 Å². The maximum absolute atomic E-state index is 13.9. The minimum Gasteiger partial charge on any atom is -0.450 e. The van der Waals surface area contributed by atoms with Gasteiger partial charge in [0.1, 0.15) is 12.1 Å². The predicted molar refractivity (Wildman–Crippen MR) is 224 cm³/mol. The number of nitrogens with one attached hydrogen (secondary N) is 3. The molecule has 0 bridgehead atoms. The SMILES string of the molecule is C=C1N[C@H]2[C@H](CO[Si](c3ccccc3)(c3ccccc3)C(C)(C)C)N=C(NC(=O)C(Cl)(Cl)Cl)N3[C@@H](c4ccccc4)[C@H](OC(=O)c4ccc(C)cc4)C(O)(O)C23N1. The summed E-state index contributed by atoms with van der Waals surface area (Å²) >= 11 is 18.4. The molecule has 4 aromatic rings. The quantitative estimate of drug-likeness (QED) is 0.0733. The Hall–Kier alpha value is -4.40. The minimum atomic E-state index is -3.19. The van der Waals surface area contributed by atoms with Crippen LogP contribution in [0.25, 0.3) is 0 Å². The van der Waals surface area contributed by atoms with E-state index in [1.165, 1.54) is 4.90 Å². The van der Waals surface area contributed by atoms with E-state index in [1.807, 2.05) is 43.3 Å². The zero-order valence-corrected chi connectivity index (χ0v) is 35.0. The van der Waals surface area contributed by atoms with Gasteiger partial charge >= 0.3 is 5.97 Å². The van der Waals surface area contributed by atoms with Gasteiger partial charge < -0.3 is 34.9 Å². The molecule has 3 aliphatic rings. The lowest BCUT2D eigenvalue weighted by Crippen LogP contribution is -2.78. The molecule has 11 nitrogen and oxygen atoms in total. The number of esters is 1. The molecule has 2 saturated heterocycles. The highest BCUT2D eigenvalue weighted by Crippen LogP contribution is 2.54. The number of guanidine groups is 1. The van der Waals surface area contributed by atoms with Gasteiger partial charge in [0.05, 0.1) is 24.0 Å². The largest absolute Gasteiger partial charge is 0.450 e. The topological polar surface area (TPSA) is 145 Å². The molecule has 0 saturated carbocycles. The second kappa shape index (κ2) is 15.1. The first-order valence-corrected chi connectivity index (χ1v) is 21.5. The van der Waals surface area contributed by atoms with Crippen LogP contribution in [0.1, 0.15) is 48.3 Å². The van der Waals surface area contributed by atoms with Crippen LogP contribution >= 0.6 is 34.8 Å². The summed E-state index contributed by atoms with van der Waals surface area (Å²) in [4.78, 5) is 34.0. The molecule has 7 rings (SSSR count). The van der Waals surface area contributed by atoms with Crippen molar-refractivity contribution in [2.24, 2.45) is 4.99 Å². The maximum Gasteiger partial charge on any atom is 0.338 e. The highest BCUT2D eigenvalue weighted by Gasteiger charge is 2.78. The molecule has 3 heterocycles. The molecule has 1 unspecified atom stereocenters. The van der Waals surface area contributed by atoms with Crippen LogP contribution in [0.2, 0.25) is 5.04 Å². The molecule has 1 amide bonds. The van der Waals surface area contributed by atoms with Crippen LogP contribution in [-0.2, 0) is 14.0 Å². The van der Waals surface area contributed by atoms with Gasteiger partial charge in [-0.05, 0) is 40.0 Å². The van der Waals surface area contributed by atoms with Gasteiger partial charge in [0.2, 0.25) is 11.7 Å². The summed E-state index contributed by atoms with van der Waals surface area (Å²) in [6.07, 6.45) is -1.69. The molecule has 1 spiro atoms. The number of alkyl halides is 3. The summed E-state index contributed by atoms with van der Waals surface area (Å²) in [5, 5.41) is 36.3. The van der Waals surface area contributed by atoms with E-state index in [0.29, 0.717) is 5.56 Å². The van der Waals surface area contributed by atoms with Crippen LogP contribution in [0.15, 0.2) is 133 Å². The number of benzene rings is 4. The smallest absolute Gasteiger partial charge is 0.338 e. The minimum absolute atomic E-state index is 0.0808. The van der Waals surface area contributed by atoms with Crippen molar-refractivity contribution in [2.75, 3.05) is 6.61 Å². The van der Waals surface area contributed by atoms with Crippen LogP contribution in [0.5, 0.6) is 0 Å². The molecule has 4 aromatic carbocycles. The summed E-state index contributed by atoms with van der Waals surface area (Å²) < 4.78 is 11.0. The summed E-state index contributed by atoms with van der Waals surface area (Å²) in [6, 6.07) is 32.4. The second-order valence-electron chi connectivity index (χ2n) is 15.6. The van der Waals surface area contributed by atoms with Crippen molar-refractivity contribution in [1.82, 2.24) is 20.9 Å². The third kappa shape index (κ3) is 7.01. The van der Waals surface area contributed by atoms with Gasteiger partial charge in [-0.15, -0.1) is 0 Å². The summed E-state index contributed by atoms with van der Waals surface area (Å²) in [5.41, 5.74) is -0.400. The van der Waals surface area contributed by atoms with E-state index in [1.54, 1.807) is 54.6 Å². The zero-order valence-electron chi connectivity index (χ0n) is 31.7. The van der Waals surface area contributed by atoms with Gasteiger partial charge in [0.15, 0.2) is 11.8 Å². The number of ether oxygens (including phenoxy) is 1. The number of amides is 1. The van der Waals surface area contributed by atoms with Gasteiger partial charge in [0.25, 0.3) is 18.0 Å². The number of carbonyl (C=O) groups is 2. The van der Waals surface area contributed by atoms with Crippen molar-refractivity contribution in [2.45, 2.75) is 72.2 Å². The summed E-state index contributed by atoms with van der Waals surface area (Å²) in [7, 11) is -3.19. The first kappa shape index (κ1) is 40.8. The van der Waals surface area contributed by atoms with Gasteiger partial charge in [0, 0.05) is 0 Å². The Labute approximate surface area is 347 Å². The Bertz CT molecular complexity index is 2130. The standard InChI is InChI=1S/C42H44Cl3N5O6Si/c1-26-21-23-29(24-22-26)36(51)56-35-33(28-15-9-6-10-16-28)50-38(48-37(52)42(43,44)45)47-32(34-40(50,41(35,53)54)49-27(2)46-34)25-55-57(39(3,4)5,30-17-11-7-12-18-30)31-19-13-8-14-20-31/h6-24,32-35,46,49,53-54H,2,25H2,1,3-5H3,(H,47,48,52)/t32-,33-,34-,35-,40?/m0/s1. The Morgan fingerprint density at radius 1 is 0.895 bits per heavy atom. The van der Waals surface area contributed by atoms with E-state index < -0.39 is 64.7 Å². The van der Waals surface area contributed by atoms with Gasteiger partial charge in [-0.25, -0.2) is 9.79 Å². The average Bonchev–Trinajstić information content (AvgIpc) is 3.63. The number of aliphatic imine (C=N–C) groups is 1.